The zero-order chi connectivity index (χ0) is 26.9. The Bertz CT molecular complexity index is 1510. The minimum atomic E-state index is -3.76. The molecule has 2 atom stereocenters. The molecule has 12 heteroatoms. The Morgan fingerprint density at radius 2 is 1.87 bits per heavy atom. The summed E-state index contributed by atoms with van der Waals surface area (Å²) in [6, 6.07) is 13.3. The molecule has 0 saturated carbocycles. The molecular weight excluding hydrogens is 545 g/mol. The lowest BCUT2D eigenvalue weighted by Gasteiger charge is -2.30. The number of thiazole rings is 1. The Labute approximate surface area is 228 Å². The van der Waals surface area contributed by atoms with E-state index in [1.165, 1.54) is 33.0 Å². The molecule has 2 aliphatic rings. The Balaban J connectivity index is 1.20. The summed E-state index contributed by atoms with van der Waals surface area (Å²) in [6.45, 7) is 3.14. The average Bonchev–Trinajstić information content (AvgIpc) is 3.10. The summed E-state index contributed by atoms with van der Waals surface area (Å²) in [7, 11) is -6.96. The van der Waals surface area contributed by atoms with Crippen LogP contribution in [0.1, 0.15) is 30.4 Å². The summed E-state index contributed by atoms with van der Waals surface area (Å²) in [6.07, 6.45) is 2.92. The maximum absolute atomic E-state index is 13.3. The fraction of sp³-hybridized carbons (Fsp3) is 0.500. The lowest BCUT2D eigenvalue weighted by atomic mass is 10.00. The maximum atomic E-state index is 13.3. The number of hydrogen-bond acceptors (Lipinski definition) is 9. The van der Waals surface area contributed by atoms with Crippen molar-refractivity contribution in [3.05, 3.63) is 53.6 Å². The van der Waals surface area contributed by atoms with Gasteiger partial charge in [0.25, 0.3) is 0 Å². The first kappa shape index (κ1) is 27.5. The van der Waals surface area contributed by atoms with Crippen LogP contribution in [0.25, 0.3) is 10.2 Å². The number of nitrogens with one attached hydrogen (secondary N) is 1. The summed E-state index contributed by atoms with van der Waals surface area (Å²) in [4.78, 5) is 6.98. The molecule has 2 unspecified atom stereocenters. The Hall–Kier alpha value is -2.09. The van der Waals surface area contributed by atoms with Crippen molar-refractivity contribution in [3.8, 4) is 0 Å². The minimum Gasteiger partial charge on any atom is -0.390 e. The van der Waals surface area contributed by atoms with Crippen molar-refractivity contribution in [1.29, 1.82) is 0 Å². The van der Waals surface area contributed by atoms with E-state index in [1.54, 1.807) is 18.2 Å². The normalized spacial score (nSPS) is 20.6. The SMILES string of the molecule is CS(=O)(=O)C1CCCN(S(=O)(=O)c2ccc3sc(NCC(O)CN4CCc5ccccc5C4)nc3c2)CC1. The highest BCUT2D eigenvalue weighted by atomic mass is 32.2. The van der Waals surface area contributed by atoms with Gasteiger partial charge in [-0.3, -0.25) is 4.90 Å². The standard InChI is InChI=1S/C26H34N4O5S3/c1-37(32,33)22-7-4-12-30(14-11-22)38(34,35)23-8-9-25-24(15-23)28-26(36-25)27-16-21(31)18-29-13-10-19-5-2-3-6-20(19)17-29/h2-3,5-6,8-9,15,21-22,31H,4,7,10-14,16-18H2,1H3,(H,27,28). The van der Waals surface area contributed by atoms with Crippen LogP contribution in [0.15, 0.2) is 47.4 Å². The minimum absolute atomic E-state index is 0.157. The molecule has 38 heavy (non-hydrogen) atoms. The van der Waals surface area contributed by atoms with Gasteiger partial charge in [-0.1, -0.05) is 35.6 Å². The van der Waals surface area contributed by atoms with E-state index >= 15 is 0 Å². The zero-order valence-corrected chi connectivity index (χ0v) is 23.9. The second-order valence-corrected chi connectivity index (χ2v) is 15.5. The molecule has 3 heterocycles. The fourth-order valence-corrected chi connectivity index (χ4v) is 8.77. The van der Waals surface area contributed by atoms with Gasteiger partial charge >= 0.3 is 0 Å². The van der Waals surface area contributed by atoms with Gasteiger partial charge in [-0.05, 0) is 55.0 Å². The van der Waals surface area contributed by atoms with Crippen molar-refractivity contribution in [2.45, 2.75) is 48.5 Å². The number of rotatable bonds is 8. The third kappa shape index (κ3) is 6.21. The van der Waals surface area contributed by atoms with Crippen LogP contribution in [0.5, 0.6) is 0 Å². The molecule has 1 fully saturated rings. The number of anilines is 1. The predicted molar refractivity (Wildman–Crippen MR) is 151 cm³/mol. The van der Waals surface area contributed by atoms with Gasteiger partial charge < -0.3 is 10.4 Å². The highest BCUT2D eigenvalue weighted by Crippen LogP contribution is 2.30. The molecule has 2 aliphatic heterocycles. The molecule has 2 aromatic carbocycles. The second-order valence-electron chi connectivity index (χ2n) is 10.2. The highest BCUT2D eigenvalue weighted by molar-refractivity contribution is 7.91. The van der Waals surface area contributed by atoms with Crippen LogP contribution >= 0.6 is 11.3 Å². The monoisotopic (exact) mass is 578 g/mol. The van der Waals surface area contributed by atoms with E-state index in [0.29, 0.717) is 49.5 Å². The summed E-state index contributed by atoms with van der Waals surface area (Å²) in [5.41, 5.74) is 3.26. The number of sulfone groups is 1. The third-order valence-corrected chi connectivity index (χ3v) is 12.0. The smallest absolute Gasteiger partial charge is 0.243 e. The van der Waals surface area contributed by atoms with Gasteiger partial charge in [-0.2, -0.15) is 4.31 Å². The van der Waals surface area contributed by atoms with E-state index in [-0.39, 0.29) is 11.4 Å². The topological polar surface area (TPSA) is 120 Å². The van der Waals surface area contributed by atoms with Gasteiger partial charge in [-0.25, -0.2) is 21.8 Å². The first-order valence-corrected chi connectivity index (χ1v) is 17.1. The number of benzene rings is 2. The molecule has 0 radical (unpaired) electrons. The van der Waals surface area contributed by atoms with Gasteiger partial charge in [0.15, 0.2) is 5.13 Å². The van der Waals surface area contributed by atoms with Crippen LogP contribution in [-0.4, -0.2) is 86.5 Å². The van der Waals surface area contributed by atoms with Crippen LogP contribution in [0.4, 0.5) is 5.13 Å². The quantitative estimate of drug-likeness (QED) is 0.419. The number of aromatic nitrogens is 1. The molecule has 1 aromatic heterocycles. The predicted octanol–water partition coefficient (Wildman–Crippen LogP) is 2.72. The van der Waals surface area contributed by atoms with E-state index in [1.807, 2.05) is 6.07 Å². The van der Waals surface area contributed by atoms with Crippen molar-refractivity contribution in [3.63, 3.8) is 0 Å². The number of aliphatic hydroxyl groups is 1. The third-order valence-electron chi connectivity index (χ3n) is 7.40. The molecule has 0 spiro atoms. The van der Waals surface area contributed by atoms with Gasteiger partial charge in [0, 0.05) is 45.5 Å². The Morgan fingerprint density at radius 1 is 1.08 bits per heavy atom. The molecule has 0 bridgehead atoms. The number of fused-ring (bicyclic) bond motifs is 2. The lowest BCUT2D eigenvalue weighted by Crippen LogP contribution is -2.39. The molecule has 1 saturated heterocycles. The zero-order valence-electron chi connectivity index (χ0n) is 21.4. The van der Waals surface area contributed by atoms with Crippen molar-refractivity contribution in [1.82, 2.24) is 14.2 Å². The van der Waals surface area contributed by atoms with E-state index in [0.717, 1.165) is 24.2 Å². The van der Waals surface area contributed by atoms with Gasteiger partial charge in [0.2, 0.25) is 10.0 Å². The highest BCUT2D eigenvalue weighted by Gasteiger charge is 2.31. The van der Waals surface area contributed by atoms with Gasteiger partial charge in [-0.15, -0.1) is 0 Å². The van der Waals surface area contributed by atoms with Crippen LogP contribution < -0.4 is 5.32 Å². The van der Waals surface area contributed by atoms with Crippen LogP contribution in [0.2, 0.25) is 0 Å². The van der Waals surface area contributed by atoms with E-state index in [4.69, 9.17) is 0 Å². The fourth-order valence-electron chi connectivity index (χ4n) is 5.28. The molecule has 206 valence electrons. The van der Waals surface area contributed by atoms with E-state index in [9.17, 15) is 21.9 Å². The summed E-state index contributed by atoms with van der Waals surface area (Å²) in [5, 5.41) is 14.0. The molecule has 0 aliphatic carbocycles. The summed E-state index contributed by atoms with van der Waals surface area (Å²) < 4.78 is 52.8. The Morgan fingerprint density at radius 3 is 2.66 bits per heavy atom. The van der Waals surface area contributed by atoms with E-state index < -0.39 is 31.2 Å². The second kappa shape index (κ2) is 11.2. The molecule has 0 amide bonds. The van der Waals surface area contributed by atoms with Crippen LogP contribution in [0, 0.1) is 0 Å². The number of nitrogens with zero attached hydrogens (tertiary/aromatic N) is 3. The van der Waals surface area contributed by atoms with Crippen molar-refractivity contribution < 1.29 is 21.9 Å². The summed E-state index contributed by atoms with van der Waals surface area (Å²) in [5.74, 6) is 0. The molecule has 5 rings (SSSR count). The largest absolute Gasteiger partial charge is 0.390 e. The van der Waals surface area contributed by atoms with Crippen molar-refractivity contribution in [2.75, 3.05) is 44.3 Å². The summed E-state index contributed by atoms with van der Waals surface area (Å²) >= 11 is 1.42. The number of aliphatic hydroxyl groups excluding tert-OH is 1. The number of hydrogen-bond donors (Lipinski definition) is 2. The Kier molecular flexibility index (Phi) is 8.09. The van der Waals surface area contributed by atoms with Crippen molar-refractivity contribution >= 4 is 46.5 Å². The molecule has 9 nitrogen and oxygen atoms in total. The lowest BCUT2D eigenvalue weighted by molar-refractivity contribution is 0.114. The average molecular weight is 579 g/mol. The number of β-amino-alcohol motifs (C(OH)–C–C–N with tert-alkyl or cyclic N) is 1. The first-order valence-electron chi connectivity index (χ1n) is 12.9. The van der Waals surface area contributed by atoms with Gasteiger partial charge in [0.05, 0.1) is 26.5 Å². The van der Waals surface area contributed by atoms with Crippen LogP contribution in [0.3, 0.4) is 0 Å². The van der Waals surface area contributed by atoms with Crippen LogP contribution in [-0.2, 0) is 32.8 Å². The molecule has 3 aromatic rings. The van der Waals surface area contributed by atoms with Crippen molar-refractivity contribution in [2.24, 2.45) is 0 Å². The molecule has 2 N–H and O–H groups in total. The number of sulfonamides is 1. The first-order chi connectivity index (χ1) is 18.1. The maximum Gasteiger partial charge on any atom is 0.243 e. The van der Waals surface area contributed by atoms with Gasteiger partial charge in [0.1, 0.15) is 9.84 Å². The molecular formula is C26H34N4O5S3. The van der Waals surface area contributed by atoms with E-state index in [2.05, 4.69) is 33.4 Å².